The molecule has 2 aromatic heterocycles. The number of methoxy groups -OCH3 is 1. The second-order valence-corrected chi connectivity index (χ2v) is 6.01. The average molecular weight is 316 g/mol. The molecule has 0 saturated heterocycles. The van der Waals surface area contributed by atoms with Gasteiger partial charge in [-0.15, -0.1) is 5.10 Å². The number of aromatic nitrogens is 5. The zero-order valence-electron chi connectivity index (χ0n) is 14.0. The summed E-state index contributed by atoms with van der Waals surface area (Å²) in [6.07, 6.45) is 6.25. The van der Waals surface area contributed by atoms with E-state index in [1.54, 1.807) is 19.4 Å². The number of ether oxygens (including phenoxy) is 1. The molecule has 0 radical (unpaired) electrons. The van der Waals surface area contributed by atoms with Crippen molar-refractivity contribution in [3.63, 3.8) is 0 Å². The van der Waals surface area contributed by atoms with E-state index in [2.05, 4.69) is 39.0 Å². The fourth-order valence-electron chi connectivity index (χ4n) is 2.89. The number of aryl methyl sites for hydroxylation is 1. The summed E-state index contributed by atoms with van der Waals surface area (Å²) >= 11 is 0. The average Bonchev–Trinajstić information content (AvgIpc) is 3.19. The normalized spacial score (nSPS) is 19.6. The van der Waals surface area contributed by atoms with Crippen LogP contribution in [0.15, 0.2) is 18.5 Å². The van der Waals surface area contributed by atoms with Crippen LogP contribution < -0.4 is 9.64 Å². The third kappa shape index (κ3) is 3.78. The molecule has 23 heavy (non-hydrogen) atoms. The molecule has 2 aromatic rings. The van der Waals surface area contributed by atoms with E-state index in [1.165, 1.54) is 12.8 Å². The molecule has 0 bridgehead atoms. The number of hydrogen-bond acceptors (Lipinski definition) is 6. The first-order valence-electron chi connectivity index (χ1n) is 8.24. The van der Waals surface area contributed by atoms with Crippen LogP contribution in [-0.4, -0.2) is 38.6 Å². The summed E-state index contributed by atoms with van der Waals surface area (Å²) in [5, 5.41) is 8.36. The molecule has 0 aromatic carbocycles. The lowest BCUT2D eigenvalue weighted by molar-refractivity contribution is 0.396. The second kappa shape index (κ2) is 6.93. The highest BCUT2D eigenvalue weighted by molar-refractivity contribution is 5.33. The fraction of sp³-hybridized carbons (Fsp3) is 0.625. The van der Waals surface area contributed by atoms with Gasteiger partial charge in [0.2, 0.25) is 11.8 Å². The van der Waals surface area contributed by atoms with Crippen molar-refractivity contribution in [3.05, 3.63) is 24.2 Å². The van der Waals surface area contributed by atoms with Crippen molar-refractivity contribution in [2.45, 2.75) is 39.8 Å². The van der Waals surface area contributed by atoms with Crippen molar-refractivity contribution in [1.82, 2.24) is 25.0 Å². The van der Waals surface area contributed by atoms with E-state index in [9.17, 15) is 0 Å². The third-order valence-corrected chi connectivity index (χ3v) is 4.42. The molecule has 3 rings (SSSR count). The maximum atomic E-state index is 5.23. The van der Waals surface area contributed by atoms with E-state index in [4.69, 9.17) is 4.74 Å². The van der Waals surface area contributed by atoms with Crippen LogP contribution in [0, 0.1) is 11.8 Å². The lowest BCUT2D eigenvalue weighted by Gasteiger charge is -2.21. The van der Waals surface area contributed by atoms with Crippen molar-refractivity contribution in [3.8, 4) is 5.88 Å². The zero-order chi connectivity index (χ0) is 16.2. The fourth-order valence-corrected chi connectivity index (χ4v) is 2.89. The van der Waals surface area contributed by atoms with Gasteiger partial charge in [-0.05, 0) is 25.2 Å². The van der Waals surface area contributed by atoms with Gasteiger partial charge in [0.15, 0.2) is 0 Å². The molecule has 7 nitrogen and oxygen atoms in total. The molecule has 2 unspecified atom stereocenters. The van der Waals surface area contributed by atoms with Gasteiger partial charge in [0.1, 0.15) is 5.69 Å². The van der Waals surface area contributed by atoms with Crippen LogP contribution >= 0.6 is 0 Å². The first-order valence-corrected chi connectivity index (χ1v) is 8.24. The summed E-state index contributed by atoms with van der Waals surface area (Å²) in [6.45, 7) is 6.75. The van der Waals surface area contributed by atoms with Gasteiger partial charge in [-0.25, -0.2) is 4.98 Å². The Morgan fingerprint density at radius 2 is 2.22 bits per heavy atom. The maximum absolute atomic E-state index is 5.23. The van der Waals surface area contributed by atoms with Crippen LogP contribution in [0.1, 0.15) is 32.4 Å². The molecule has 1 aliphatic carbocycles. The molecule has 0 N–H and O–H groups in total. The van der Waals surface area contributed by atoms with E-state index in [1.807, 2.05) is 10.9 Å². The monoisotopic (exact) mass is 316 g/mol. The van der Waals surface area contributed by atoms with Gasteiger partial charge in [0.25, 0.3) is 0 Å². The van der Waals surface area contributed by atoms with E-state index in [0.717, 1.165) is 30.6 Å². The summed E-state index contributed by atoms with van der Waals surface area (Å²) in [7, 11) is 1.62. The Morgan fingerprint density at radius 3 is 2.87 bits per heavy atom. The van der Waals surface area contributed by atoms with Gasteiger partial charge in [-0.1, -0.05) is 18.6 Å². The first-order chi connectivity index (χ1) is 11.2. The Kier molecular flexibility index (Phi) is 4.73. The smallest absolute Gasteiger partial charge is 0.228 e. The number of nitrogens with zero attached hydrogens (tertiary/aromatic N) is 6. The Morgan fingerprint density at radius 1 is 1.35 bits per heavy atom. The molecule has 0 amide bonds. The van der Waals surface area contributed by atoms with E-state index >= 15 is 0 Å². The van der Waals surface area contributed by atoms with E-state index in [0.29, 0.717) is 18.4 Å². The van der Waals surface area contributed by atoms with Crippen LogP contribution in [0.3, 0.4) is 0 Å². The van der Waals surface area contributed by atoms with Gasteiger partial charge in [0.05, 0.1) is 19.9 Å². The van der Waals surface area contributed by atoms with Crippen LogP contribution in [0.5, 0.6) is 5.88 Å². The Balaban J connectivity index is 1.77. The SMILES string of the molecule is CCC1CC1CN(Cc1cn(CC)nn1)c1nccc(OC)n1. The van der Waals surface area contributed by atoms with Crippen molar-refractivity contribution in [2.24, 2.45) is 11.8 Å². The minimum absolute atomic E-state index is 0.583. The van der Waals surface area contributed by atoms with Gasteiger partial charge in [0, 0.05) is 25.4 Å². The van der Waals surface area contributed by atoms with Gasteiger partial charge < -0.3 is 9.64 Å². The van der Waals surface area contributed by atoms with Gasteiger partial charge in [-0.3, -0.25) is 4.68 Å². The van der Waals surface area contributed by atoms with Gasteiger partial charge >= 0.3 is 0 Å². The Bertz CT molecular complexity index is 643. The molecule has 7 heteroatoms. The molecule has 0 aliphatic heterocycles. The topological polar surface area (TPSA) is 69.0 Å². The summed E-state index contributed by atoms with van der Waals surface area (Å²) < 4.78 is 7.07. The number of anilines is 1. The van der Waals surface area contributed by atoms with Crippen molar-refractivity contribution in [1.29, 1.82) is 0 Å². The van der Waals surface area contributed by atoms with Gasteiger partial charge in [-0.2, -0.15) is 4.98 Å². The molecule has 2 atom stereocenters. The molecule has 1 fully saturated rings. The highest BCUT2D eigenvalue weighted by atomic mass is 16.5. The first kappa shape index (κ1) is 15.7. The quantitative estimate of drug-likeness (QED) is 0.743. The second-order valence-electron chi connectivity index (χ2n) is 6.01. The Labute approximate surface area is 136 Å². The third-order valence-electron chi connectivity index (χ3n) is 4.42. The van der Waals surface area contributed by atoms with Crippen molar-refractivity contribution >= 4 is 5.95 Å². The molecule has 2 heterocycles. The zero-order valence-corrected chi connectivity index (χ0v) is 14.0. The lowest BCUT2D eigenvalue weighted by atomic mass is 10.2. The predicted octanol–water partition coefficient (Wildman–Crippen LogP) is 2.15. The van der Waals surface area contributed by atoms with Crippen molar-refractivity contribution in [2.75, 3.05) is 18.6 Å². The van der Waals surface area contributed by atoms with Crippen LogP contribution in [-0.2, 0) is 13.1 Å². The largest absolute Gasteiger partial charge is 0.481 e. The molecular formula is C16H24N6O. The summed E-state index contributed by atoms with van der Waals surface area (Å²) in [5.74, 6) is 2.82. The predicted molar refractivity (Wildman–Crippen MR) is 87.2 cm³/mol. The maximum Gasteiger partial charge on any atom is 0.228 e. The lowest BCUT2D eigenvalue weighted by Crippen LogP contribution is -2.27. The van der Waals surface area contributed by atoms with Crippen molar-refractivity contribution < 1.29 is 4.74 Å². The highest BCUT2D eigenvalue weighted by Gasteiger charge is 2.37. The molecular weight excluding hydrogens is 292 g/mol. The molecule has 1 saturated carbocycles. The number of hydrogen-bond donors (Lipinski definition) is 0. The standard InChI is InChI=1S/C16H24N6O/c1-4-12-8-13(12)9-21(10-14-11-22(5-2)20-19-14)16-17-7-6-15(18-16)23-3/h6-7,11-13H,4-5,8-10H2,1-3H3. The van der Waals surface area contributed by atoms with Crippen LogP contribution in [0.4, 0.5) is 5.95 Å². The molecule has 0 spiro atoms. The highest BCUT2D eigenvalue weighted by Crippen LogP contribution is 2.42. The summed E-state index contributed by atoms with van der Waals surface area (Å²) in [5.41, 5.74) is 0.937. The minimum Gasteiger partial charge on any atom is -0.481 e. The number of rotatable bonds is 8. The van der Waals surface area contributed by atoms with E-state index < -0.39 is 0 Å². The summed E-state index contributed by atoms with van der Waals surface area (Å²) in [6, 6.07) is 1.76. The Hall–Kier alpha value is -2.18. The van der Waals surface area contributed by atoms with Crippen LogP contribution in [0.2, 0.25) is 0 Å². The van der Waals surface area contributed by atoms with E-state index in [-0.39, 0.29) is 0 Å². The molecule has 124 valence electrons. The summed E-state index contributed by atoms with van der Waals surface area (Å²) in [4.78, 5) is 11.1. The minimum atomic E-state index is 0.583. The molecule has 1 aliphatic rings. The van der Waals surface area contributed by atoms with Crippen LogP contribution in [0.25, 0.3) is 0 Å².